The Morgan fingerprint density at radius 3 is 2.64 bits per heavy atom. The lowest BCUT2D eigenvalue weighted by Gasteiger charge is -2.06. The van der Waals surface area contributed by atoms with Crippen LogP contribution in [0.2, 0.25) is 0 Å². The minimum Gasteiger partial charge on any atom is -0.430 e. The largest absolute Gasteiger partial charge is 0.430 e. The van der Waals surface area contributed by atoms with E-state index in [-0.39, 0.29) is 11.5 Å². The first-order valence-electron chi connectivity index (χ1n) is 7.37. The number of fused-ring (bicyclic) bond motifs is 1. The maximum atomic E-state index is 12.1. The number of anilines is 1. The van der Waals surface area contributed by atoms with Crippen molar-refractivity contribution in [3.63, 3.8) is 0 Å². The molecule has 0 unspecified atom stereocenters. The summed E-state index contributed by atoms with van der Waals surface area (Å²) in [6.45, 7) is 0. The van der Waals surface area contributed by atoms with Crippen molar-refractivity contribution < 1.29 is 9.21 Å². The minimum atomic E-state index is -0.501. The molecule has 1 aromatic carbocycles. The van der Waals surface area contributed by atoms with E-state index >= 15 is 0 Å². The third-order valence-corrected chi connectivity index (χ3v) is 3.56. The standard InChI is InChI=1S/C17H11N5O3/c23-16-8-3-12(9-25-16)17(24)19-13-4-1-11(2-5-13)14-6-7-15-20-18-10-22(15)21-14/h1-10H,(H,19,24). The van der Waals surface area contributed by atoms with Crippen molar-refractivity contribution in [1.29, 1.82) is 0 Å². The first kappa shape index (κ1) is 14.8. The van der Waals surface area contributed by atoms with Crippen molar-refractivity contribution >= 4 is 17.2 Å². The summed E-state index contributed by atoms with van der Waals surface area (Å²) < 4.78 is 6.28. The summed E-state index contributed by atoms with van der Waals surface area (Å²) >= 11 is 0. The monoisotopic (exact) mass is 333 g/mol. The van der Waals surface area contributed by atoms with E-state index in [2.05, 4.69) is 25.0 Å². The van der Waals surface area contributed by atoms with Crippen molar-refractivity contribution in [2.45, 2.75) is 0 Å². The van der Waals surface area contributed by atoms with Crippen molar-refractivity contribution in [3.8, 4) is 11.3 Å². The molecule has 1 amide bonds. The second kappa shape index (κ2) is 6.00. The van der Waals surface area contributed by atoms with E-state index < -0.39 is 5.63 Å². The van der Waals surface area contributed by atoms with Crippen LogP contribution in [0, 0.1) is 0 Å². The zero-order chi connectivity index (χ0) is 17.2. The number of carbonyl (C=O) groups is 1. The zero-order valence-electron chi connectivity index (χ0n) is 12.8. The van der Waals surface area contributed by atoms with Crippen molar-refractivity contribution in [2.24, 2.45) is 0 Å². The summed E-state index contributed by atoms with van der Waals surface area (Å²) in [6.07, 6.45) is 2.66. The molecule has 0 aliphatic carbocycles. The molecule has 4 aromatic rings. The molecule has 3 heterocycles. The molecule has 8 nitrogen and oxygen atoms in total. The zero-order valence-corrected chi connectivity index (χ0v) is 12.8. The molecule has 0 aliphatic rings. The number of nitrogens with one attached hydrogen (secondary N) is 1. The molecule has 0 fully saturated rings. The summed E-state index contributed by atoms with van der Waals surface area (Å²) in [5.74, 6) is -0.361. The van der Waals surface area contributed by atoms with Crippen LogP contribution in [-0.4, -0.2) is 25.7 Å². The summed E-state index contributed by atoms with van der Waals surface area (Å²) in [6, 6.07) is 13.5. The lowest BCUT2D eigenvalue weighted by atomic mass is 10.1. The van der Waals surface area contributed by atoms with E-state index in [1.165, 1.54) is 18.5 Å². The third kappa shape index (κ3) is 3.00. The molecular formula is C17H11N5O3. The summed E-state index contributed by atoms with van der Waals surface area (Å²) in [4.78, 5) is 23.0. The molecule has 0 spiro atoms. The number of aromatic nitrogens is 4. The van der Waals surface area contributed by atoms with Crippen LogP contribution in [0.1, 0.15) is 10.4 Å². The van der Waals surface area contributed by atoms with Crippen LogP contribution in [-0.2, 0) is 0 Å². The minimum absolute atomic E-state index is 0.267. The lowest BCUT2D eigenvalue weighted by Crippen LogP contribution is -2.12. The van der Waals surface area contributed by atoms with E-state index in [1.807, 2.05) is 24.3 Å². The average molecular weight is 333 g/mol. The topological polar surface area (TPSA) is 102 Å². The van der Waals surface area contributed by atoms with Crippen LogP contribution in [0.3, 0.4) is 0 Å². The van der Waals surface area contributed by atoms with Gasteiger partial charge in [-0.1, -0.05) is 12.1 Å². The Morgan fingerprint density at radius 1 is 1.04 bits per heavy atom. The van der Waals surface area contributed by atoms with E-state index in [1.54, 1.807) is 16.6 Å². The quantitative estimate of drug-likeness (QED) is 0.615. The Balaban J connectivity index is 1.54. The summed E-state index contributed by atoms with van der Waals surface area (Å²) in [5, 5.41) is 14.9. The summed E-state index contributed by atoms with van der Waals surface area (Å²) in [7, 11) is 0. The lowest BCUT2D eigenvalue weighted by molar-refractivity contribution is 0.102. The van der Waals surface area contributed by atoms with Crippen molar-refractivity contribution in [2.75, 3.05) is 5.32 Å². The Hall–Kier alpha value is -3.81. The highest BCUT2D eigenvalue weighted by Gasteiger charge is 2.08. The predicted octanol–water partition coefficient (Wildman–Crippen LogP) is 2.00. The van der Waals surface area contributed by atoms with Gasteiger partial charge in [0.15, 0.2) is 5.65 Å². The van der Waals surface area contributed by atoms with E-state index in [4.69, 9.17) is 0 Å². The molecule has 0 bridgehead atoms. The van der Waals surface area contributed by atoms with Gasteiger partial charge in [-0.3, -0.25) is 4.79 Å². The van der Waals surface area contributed by atoms with Gasteiger partial charge in [-0.15, -0.1) is 10.2 Å². The highest BCUT2D eigenvalue weighted by molar-refractivity contribution is 6.03. The van der Waals surface area contributed by atoms with E-state index in [9.17, 15) is 9.59 Å². The van der Waals surface area contributed by atoms with Crippen LogP contribution in [0.5, 0.6) is 0 Å². The number of amides is 1. The van der Waals surface area contributed by atoms with E-state index in [0.717, 1.165) is 17.5 Å². The molecule has 0 radical (unpaired) electrons. The molecule has 0 saturated carbocycles. The molecule has 25 heavy (non-hydrogen) atoms. The molecule has 8 heteroatoms. The third-order valence-electron chi connectivity index (χ3n) is 3.56. The van der Waals surface area contributed by atoms with Crippen molar-refractivity contribution in [1.82, 2.24) is 19.8 Å². The predicted molar refractivity (Wildman–Crippen MR) is 89.1 cm³/mol. The molecule has 1 N–H and O–H groups in total. The Bertz CT molecular complexity index is 1090. The van der Waals surface area contributed by atoms with Gasteiger partial charge in [0.1, 0.15) is 12.6 Å². The first-order chi connectivity index (χ1) is 12.2. The van der Waals surface area contributed by atoms with Crippen LogP contribution < -0.4 is 10.9 Å². The second-order valence-corrected chi connectivity index (χ2v) is 5.23. The van der Waals surface area contributed by atoms with Gasteiger partial charge >= 0.3 is 5.63 Å². The van der Waals surface area contributed by atoms with Crippen molar-refractivity contribution in [3.05, 3.63) is 77.1 Å². The van der Waals surface area contributed by atoms with Crippen LogP contribution in [0.25, 0.3) is 16.9 Å². The van der Waals surface area contributed by atoms with Gasteiger partial charge in [0.25, 0.3) is 5.91 Å². The van der Waals surface area contributed by atoms with E-state index in [0.29, 0.717) is 11.3 Å². The van der Waals surface area contributed by atoms with Gasteiger partial charge < -0.3 is 9.73 Å². The van der Waals surface area contributed by atoms with Crippen LogP contribution >= 0.6 is 0 Å². The molecule has 0 saturated heterocycles. The van der Waals surface area contributed by atoms with Gasteiger partial charge in [0.05, 0.1) is 11.3 Å². The maximum Gasteiger partial charge on any atom is 0.335 e. The fraction of sp³-hybridized carbons (Fsp3) is 0. The van der Waals surface area contributed by atoms with Gasteiger partial charge in [-0.05, 0) is 30.3 Å². The molecule has 4 rings (SSSR count). The highest BCUT2D eigenvalue weighted by Crippen LogP contribution is 2.20. The SMILES string of the molecule is O=C(Nc1ccc(-c2ccc3nncn3n2)cc1)c1ccc(=O)oc1. The second-order valence-electron chi connectivity index (χ2n) is 5.23. The fourth-order valence-corrected chi connectivity index (χ4v) is 2.30. The maximum absolute atomic E-state index is 12.1. The number of nitrogens with zero attached hydrogens (tertiary/aromatic N) is 4. The van der Waals surface area contributed by atoms with Crippen LogP contribution in [0.4, 0.5) is 5.69 Å². The number of benzene rings is 1. The highest BCUT2D eigenvalue weighted by atomic mass is 16.4. The molecule has 0 aliphatic heterocycles. The number of rotatable bonds is 3. The van der Waals surface area contributed by atoms with Gasteiger partial charge in [-0.2, -0.15) is 9.61 Å². The summed E-state index contributed by atoms with van der Waals surface area (Å²) in [5.41, 5.74) is 2.70. The fourth-order valence-electron chi connectivity index (χ4n) is 2.30. The Morgan fingerprint density at radius 2 is 1.88 bits per heavy atom. The van der Waals surface area contributed by atoms with Gasteiger partial charge in [0.2, 0.25) is 0 Å². The van der Waals surface area contributed by atoms with Crippen LogP contribution in [0.15, 0.2) is 70.3 Å². The molecule has 3 aromatic heterocycles. The smallest absolute Gasteiger partial charge is 0.335 e. The number of hydrogen-bond donors (Lipinski definition) is 1. The molecule has 122 valence electrons. The molecular weight excluding hydrogens is 322 g/mol. The Kier molecular flexibility index (Phi) is 3.55. The normalized spacial score (nSPS) is 10.7. The first-order valence-corrected chi connectivity index (χ1v) is 7.37. The van der Waals surface area contributed by atoms with Gasteiger partial charge in [0, 0.05) is 17.3 Å². The number of carbonyl (C=O) groups excluding carboxylic acids is 1. The Labute approximate surface area is 140 Å². The molecule has 0 atom stereocenters. The van der Waals surface area contributed by atoms with Gasteiger partial charge in [-0.25, -0.2) is 4.79 Å². The average Bonchev–Trinajstić information content (AvgIpc) is 3.10. The number of hydrogen-bond acceptors (Lipinski definition) is 6.